The molecule has 2 fully saturated rings. The fourth-order valence-electron chi connectivity index (χ4n) is 2.40. The quantitative estimate of drug-likeness (QED) is 0.561. The standard InChI is InChI=1S/C10H18O2/c1-7-4-5-10(6-8(7)11)9(2,3)12-10/h7-8,11H,4-6H2,1-3H3. The molecular weight excluding hydrogens is 152 g/mol. The summed E-state index contributed by atoms with van der Waals surface area (Å²) in [6.45, 7) is 6.36. The second-order valence-corrected chi connectivity index (χ2v) is 4.89. The van der Waals surface area contributed by atoms with Crippen LogP contribution in [-0.2, 0) is 4.74 Å². The fourth-order valence-corrected chi connectivity index (χ4v) is 2.40. The van der Waals surface area contributed by atoms with E-state index in [0.29, 0.717) is 5.92 Å². The van der Waals surface area contributed by atoms with Gasteiger partial charge in [0.15, 0.2) is 0 Å². The minimum atomic E-state index is -0.152. The average molecular weight is 170 g/mol. The van der Waals surface area contributed by atoms with Crippen LogP contribution in [0, 0.1) is 5.92 Å². The van der Waals surface area contributed by atoms with Crippen LogP contribution in [0.3, 0.4) is 0 Å². The number of aliphatic hydroxyl groups is 1. The lowest BCUT2D eigenvalue weighted by atomic mass is 9.76. The van der Waals surface area contributed by atoms with Crippen LogP contribution < -0.4 is 0 Å². The molecule has 1 saturated carbocycles. The molecule has 1 aliphatic carbocycles. The number of rotatable bonds is 0. The van der Waals surface area contributed by atoms with Gasteiger partial charge in [0, 0.05) is 6.42 Å². The molecule has 3 atom stereocenters. The molecule has 2 nitrogen and oxygen atoms in total. The van der Waals surface area contributed by atoms with Crippen molar-refractivity contribution in [2.24, 2.45) is 5.92 Å². The number of hydrogen-bond acceptors (Lipinski definition) is 2. The normalized spacial score (nSPS) is 51.0. The van der Waals surface area contributed by atoms with Gasteiger partial charge in [-0.1, -0.05) is 6.92 Å². The molecule has 2 rings (SSSR count). The maximum absolute atomic E-state index is 9.71. The Labute approximate surface area is 73.9 Å². The van der Waals surface area contributed by atoms with Gasteiger partial charge in [-0.2, -0.15) is 0 Å². The van der Waals surface area contributed by atoms with Crippen LogP contribution in [-0.4, -0.2) is 22.4 Å². The summed E-state index contributed by atoms with van der Waals surface area (Å²) in [5.41, 5.74) is 0.0487. The van der Waals surface area contributed by atoms with Crippen LogP contribution in [0.25, 0.3) is 0 Å². The smallest absolute Gasteiger partial charge is 0.0999 e. The van der Waals surface area contributed by atoms with E-state index in [0.717, 1.165) is 19.3 Å². The maximum Gasteiger partial charge on any atom is 0.0999 e. The van der Waals surface area contributed by atoms with Crippen molar-refractivity contribution in [3.63, 3.8) is 0 Å². The van der Waals surface area contributed by atoms with Gasteiger partial charge in [0.25, 0.3) is 0 Å². The highest BCUT2D eigenvalue weighted by Crippen LogP contribution is 2.56. The Balaban J connectivity index is 2.05. The molecule has 2 aliphatic rings. The highest BCUT2D eigenvalue weighted by molar-refractivity contribution is 5.13. The van der Waals surface area contributed by atoms with E-state index >= 15 is 0 Å². The third-order valence-corrected chi connectivity index (χ3v) is 3.71. The first-order chi connectivity index (χ1) is 5.47. The summed E-state index contributed by atoms with van der Waals surface area (Å²) < 4.78 is 5.69. The first-order valence-corrected chi connectivity index (χ1v) is 4.85. The molecule has 2 heteroatoms. The first-order valence-electron chi connectivity index (χ1n) is 4.85. The van der Waals surface area contributed by atoms with E-state index in [2.05, 4.69) is 20.8 Å². The summed E-state index contributed by atoms with van der Waals surface area (Å²) in [5, 5.41) is 9.71. The Bertz CT molecular complexity index is 200. The van der Waals surface area contributed by atoms with Crippen LogP contribution in [0.15, 0.2) is 0 Å². The second-order valence-electron chi connectivity index (χ2n) is 4.89. The highest BCUT2D eigenvalue weighted by atomic mass is 16.6. The molecule has 70 valence electrons. The lowest BCUT2D eigenvalue weighted by Gasteiger charge is -2.30. The Morgan fingerprint density at radius 3 is 2.42 bits per heavy atom. The van der Waals surface area contributed by atoms with Crippen LogP contribution in [0.5, 0.6) is 0 Å². The molecule has 1 N–H and O–H groups in total. The van der Waals surface area contributed by atoms with Crippen molar-refractivity contribution in [1.29, 1.82) is 0 Å². The number of hydrogen-bond donors (Lipinski definition) is 1. The van der Waals surface area contributed by atoms with E-state index in [9.17, 15) is 5.11 Å². The predicted octanol–water partition coefficient (Wildman–Crippen LogP) is 1.71. The zero-order valence-corrected chi connectivity index (χ0v) is 8.13. The maximum atomic E-state index is 9.71. The minimum Gasteiger partial charge on any atom is -0.393 e. The largest absolute Gasteiger partial charge is 0.393 e. The van der Waals surface area contributed by atoms with E-state index in [4.69, 9.17) is 4.74 Å². The van der Waals surface area contributed by atoms with Gasteiger partial charge in [0.1, 0.15) is 0 Å². The van der Waals surface area contributed by atoms with Crippen LogP contribution in [0.1, 0.15) is 40.0 Å². The van der Waals surface area contributed by atoms with Gasteiger partial charge in [-0.3, -0.25) is 0 Å². The number of ether oxygens (including phenoxy) is 1. The Kier molecular flexibility index (Phi) is 1.59. The summed E-state index contributed by atoms with van der Waals surface area (Å²) >= 11 is 0. The zero-order chi connectivity index (χ0) is 8.98. The molecule has 12 heavy (non-hydrogen) atoms. The Hall–Kier alpha value is -0.0800. The molecule has 0 bridgehead atoms. The van der Waals surface area contributed by atoms with Crippen molar-refractivity contribution in [3.05, 3.63) is 0 Å². The van der Waals surface area contributed by atoms with E-state index in [-0.39, 0.29) is 17.3 Å². The summed E-state index contributed by atoms with van der Waals surface area (Å²) in [6, 6.07) is 0. The Morgan fingerprint density at radius 1 is 1.42 bits per heavy atom. The van der Waals surface area contributed by atoms with Crippen LogP contribution in [0.2, 0.25) is 0 Å². The van der Waals surface area contributed by atoms with Crippen molar-refractivity contribution >= 4 is 0 Å². The van der Waals surface area contributed by atoms with Gasteiger partial charge in [-0.05, 0) is 32.6 Å². The lowest BCUT2D eigenvalue weighted by molar-refractivity contribution is 0.0388. The van der Waals surface area contributed by atoms with Gasteiger partial charge in [0.05, 0.1) is 17.3 Å². The van der Waals surface area contributed by atoms with Crippen molar-refractivity contribution in [2.45, 2.75) is 57.3 Å². The molecule has 1 spiro atoms. The summed E-state index contributed by atoms with van der Waals surface area (Å²) in [5.74, 6) is 0.454. The van der Waals surface area contributed by atoms with E-state index in [1.165, 1.54) is 0 Å². The fraction of sp³-hybridized carbons (Fsp3) is 1.00. The van der Waals surface area contributed by atoms with Crippen LogP contribution in [0.4, 0.5) is 0 Å². The van der Waals surface area contributed by atoms with Crippen molar-refractivity contribution < 1.29 is 9.84 Å². The molecule has 0 radical (unpaired) electrons. The SMILES string of the molecule is CC1CCC2(CC1O)OC2(C)C. The average Bonchev–Trinajstić information content (AvgIpc) is 2.46. The van der Waals surface area contributed by atoms with E-state index in [1.54, 1.807) is 0 Å². The van der Waals surface area contributed by atoms with Gasteiger partial charge in [-0.15, -0.1) is 0 Å². The number of epoxide rings is 1. The molecule has 0 aromatic carbocycles. The third-order valence-electron chi connectivity index (χ3n) is 3.71. The molecule has 1 heterocycles. The van der Waals surface area contributed by atoms with Crippen molar-refractivity contribution in [1.82, 2.24) is 0 Å². The van der Waals surface area contributed by atoms with Gasteiger partial charge in [0.2, 0.25) is 0 Å². The predicted molar refractivity (Wildman–Crippen MR) is 46.9 cm³/mol. The lowest BCUT2D eigenvalue weighted by Crippen LogP contribution is -2.36. The topological polar surface area (TPSA) is 32.8 Å². The first kappa shape index (κ1) is 8.52. The van der Waals surface area contributed by atoms with Gasteiger partial charge < -0.3 is 9.84 Å². The molecule has 1 aliphatic heterocycles. The Morgan fingerprint density at radius 2 is 2.00 bits per heavy atom. The minimum absolute atomic E-state index is 0.0219. The molecule has 0 aromatic heterocycles. The summed E-state index contributed by atoms with van der Waals surface area (Å²) in [6.07, 6.45) is 2.91. The number of aliphatic hydroxyl groups excluding tert-OH is 1. The molecule has 3 unspecified atom stereocenters. The highest BCUT2D eigenvalue weighted by Gasteiger charge is 2.65. The zero-order valence-electron chi connectivity index (χ0n) is 8.13. The monoisotopic (exact) mass is 170 g/mol. The molecule has 0 amide bonds. The van der Waals surface area contributed by atoms with E-state index in [1.807, 2.05) is 0 Å². The molecule has 1 saturated heterocycles. The van der Waals surface area contributed by atoms with Crippen LogP contribution >= 0.6 is 0 Å². The summed E-state index contributed by atoms with van der Waals surface area (Å²) in [4.78, 5) is 0. The van der Waals surface area contributed by atoms with Crippen molar-refractivity contribution in [2.75, 3.05) is 0 Å². The third kappa shape index (κ3) is 1.01. The van der Waals surface area contributed by atoms with Gasteiger partial charge in [-0.25, -0.2) is 0 Å². The van der Waals surface area contributed by atoms with E-state index < -0.39 is 0 Å². The van der Waals surface area contributed by atoms with Crippen molar-refractivity contribution in [3.8, 4) is 0 Å². The summed E-state index contributed by atoms with van der Waals surface area (Å²) in [7, 11) is 0. The molecular formula is C10H18O2. The van der Waals surface area contributed by atoms with Gasteiger partial charge >= 0.3 is 0 Å². The second kappa shape index (κ2) is 2.24. The molecule has 0 aromatic rings.